The lowest BCUT2D eigenvalue weighted by molar-refractivity contribution is -0.384. The number of hydrogen-bond donors (Lipinski definition) is 0. The molecule has 38 heavy (non-hydrogen) atoms. The lowest BCUT2D eigenvalue weighted by Gasteiger charge is -2.11. The second-order valence-corrected chi connectivity index (χ2v) is 9.44. The summed E-state index contributed by atoms with van der Waals surface area (Å²) in [6.45, 7) is 0. The van der Waals surface area contributed by atoms with Gasteiger partial charge >= 0.3 is 0 Å². The average Bonchev–Trinajstić information content (AvgIpc) is 3.32. The number of nitro groups is 1. The number of nitro benzene ring substituents is 1. The molecule has 0 aliphatic heterocycles. The lowest BCUT2D eigenvalue weighted by Crippen LogP contribution is -1.95. The highest BCUT2D eigenvalue weighted by atomic mass is 16.6. The Bertz CT molecular complexity index is 2010. The summed E-state index contributed by atoms with van der Waals surface area (Å²) in [6, 6.07) is 44.5. The summed E-state index contributed by atoms with van der Waals surface area (Å²) in [5.74, 6) is 0. The Morgan fingerprint density at radius 1 is 0.553 bits per heavy atom. The molecule has 1 heterocycles. The fourth-order valence-corrected chi connectivity index (χ4v) is 5.56. The molecule has 4 heteroatoms. The van der Waals surface area contributed by atoms with E-state index in [4.69, 9.17) is 0 Å². The number of nitrogens with zero attached hydrogens (tertiary/aromatic N) is 2. The Kier molecular flexibility index (Phi) is 5.05. The highest BCUT2D eigenvalue weighted by Gasteiger charge is 2.22. The van der Waals surface area contributed by atoms with E-state index in [0.717, 1.165) is 44.2 Å². The molecule has 0 fully saturated rings. The molecule has 0 spiro atoms. The molecular weight excluding hydrogens is 468 g/mol. The third kappa shape index (κ3) is 3.46. The van der Waals surface area contributed by atoms with Crippen molar-refractivity contribution in [3.8, 4) is 27.9 Å². The molecule has 6 aromatic carbocycles. The summed E-state index contributed by atoms with van der Waals surface area (Å²) < 4.78 is 2.25. The van der Waals surface area contributed by atoms with Crippen molar-refractivity contribution in [2.75, 3.05) is 0 Å². The third-order valence-corrected chi connectivity index (χ3v) is 7.28. The Balaban J connectivity index is 1.51. The van der Waals surface area contributed by atoms with Gasteiger partial charge in [0.15, 0.2) is 0 Å². The average molecular weight is 491 g/mol. The molecular formula is C34H22N2O2. The van der Waals surface area contributed by atoms with Crippen LogP contribution in [0.25, 0.3) is 60.5 Å². The van der Waals surface area contributed by atoms with Crippen LogP contribution in [0.1, 0.15) is 0 Å². The van der Waals surface area contributed by atoms with E-state index in [0.29, 0.717) is 5.56 Å². The highest BCUT2D eigenvalue weighted by molar-refractivity contribution is 6.16. The van der Waals surface area contributed by atoms with E-state index >= 15 is 0 Å². The molecule has 0 saturated carbocycles. The van der Waals surface area contributed by atoms with Crippen molar-refractivity contribution >= 4 is 38.3 Å². The van der Waals surface area contributed by atoms with Crippen LogP contribution in [0.15, 0.2) is 133 Å². The topological polar surface area (TPSA) is 48.1 Å². The van der Waals surface area contributed by atoms with Crippen LogP contribution < -0.4 is 0 Å². The Morgan fingerprint density at radius 3 is 2.13 bits per heavy atom. The SMILES string of the molecule is O=[N+]([O-])c1cc(-c2ccccc2)ccc1-c1cccc2c1c1ccccc1n2-c1ccc2ccccc2c1. The first kappa shape index (κ1) is 22.0. The second-order valence-electron chi connectivity index (χ2n) is 9.44. The maximum atomic E-state index is 12.3. The van der Waals surface area contributed by atoms with Crippen molar-refractivity contribution in [1.82, 2.24) is 4.57 Å². The minimum Gasteiger partial charge on any atom is -0.309 e. The van der Waals surface area contributed by atoms with Crippen molar-refractivity contribution in [2.45, 2.75) is 0 Å². The maximum Gasteiger partial charge on any atom is 0.277 e. The number of benzene rings is 6. The van der Waals surface area contributed by atoms with E-state index in [1.165, 1.54) is 10.8 Å². The monoisotopic (exact) mass is 490 g/mol. The van der Waals surface area contributed by atoms with Gasteiger partial charge in [-0.3, -0.25) is 10.1 Å². The highest BCUT2D eigenvalue weighted by Crippen LogP contribution is 2.42. The van der Waals surface area contributed by atoms with Gasteiger partial charge in [0, 0.05) is 22.5 Å². The zero-order valence-corrected chi connectivity index (χ0v) is 20.4. The zero-order chi connectivity index (χ0) is 25.6. The van der Waals surface area contributed by atoms with Crippen molar-refractivity contribution in [3.05, 3.63) is 144 Å². The van der Waals surface area contributed by atoms with Gasteiger partial charge in [-0.25, -0.2) is 0 Å². The molecule has 0 N–H and O–H groups in total. The molecule has 180 valence electrons. The van der Waals surface area contributed by atoms with Crippen molar-refractivity contribution in [1.29, 1.82) is 0 Å². The largest absolute Gasteiger partial charge is 0.309 e. The summed E-state index contributed by atoms with van der Waals surface area (Å²) in [7, 11) is 0. The third-order valence-electron chi connectivity index (χ3n) is 7.28. The summed E-state index contributed by atoms with van der Waals surface area (Å²) in [6.07, 6.45) is 0. The van der Waals surface area contributed by atoms with Crippen LogP contribution in [-0.2, 0) is 0 Å². The normalized spacial score (nSPS) is 11.4. The van der Waals surface area contributed by atoms with Gasteiger partial charge in [0.1, 0.15) is 0 Å². The van der Waals surface area contributed by atoms with E-state index in [1.807, 2.05) is 78.9 Å². The summed E-state index contributed by atoms with van der Waals surface area (Å²) in [5, 5.41) is 16.8. The van der Waals surface area contributed by atoms with Gasteiger partial charge in [0.25, 0.3) is 5.69 Å². The van der Waals surface area contributed by atoms with Crippen LogP contribution in [0, 0.1) is 10.1 Å². The summed E-state index contributed by atoms with van der Waals surface area (Å²) >= 11 is 0. The van der Waals surface area contributed by atoms with Crippen LogP contribution >= 0.6 is 0 Å². The molecule has 0 saturated heterocycles. The predicted octanol–water partition coefficient (Wildman–Crippen LogP) is 9.18. The smallest absolute Gasteiger partial charge is 0.277 e. The van der Waals surface area contributed by atoms with Crippen LogP contribution in [0.3, 0.4) is 0 Å². The summed E-state index contributed by atoms with van der Waals surface area (Å²) in [4.78, 5) is 12.1. The van der Waals surface area contributed by atoms with Crippen molar-refractivity contribution in [2.24, 2.45) is 0 Å². The Hall–Kier alpha value is -5.22. The number of fused-ring (bicyclic) bond motifs is 4. The van der Waals surface area contributed by atoms with Crippen LogP contribution in [0.4, 0.5) is 5.69 Å². The van der Waals surface area contributed by atoms with Crippen LogP contribution in [0.2, 0.25) is 0 Å². The minimum absolute atomic E-state index is 0.0985. The van der Waals surface area contributed by atoms with E-state index in [2.05, 4.69) is 53.1 Å². The first-order valence-corrected chi connectivity index (χ1v) is 12.5. The molecule has 0 amide bonds. The molecule has 0 aliphatic rings. The van der Waals surface area contributed by atoms with Crippen LogP contribution in [0.5, 0.6) is 0 Å². The van der Waals surface area contributed by atoms with Crippen LogP contribution in [-0.4, -0.2) is 9.49 Å². The first-order valence-electron chi connectivity index (χ1n) is 12.5. The van der Waals surface area contributed by atoms with E-state index in [1.54, 1.807) is 6.07 Å². The summed E-state index contributed by atoms with van der Waals surface area (Å²) in [5.41, 5.74) is 6.47. The van der Waals surface area contributed by atoms with Gasteiger partial charge in [-0.05, 0) is 57.8 Å². The fraction of sp³-hybridized carbons (Fsp3) is 0. The van der Waals surface area contributed by atoms with E-state index in [9.17, 15) is 10.1 Å². The second kappa shape index (κ2) is 8.71. The molecule has 0 radical (unpaired) electrons. The number of rotatable bonds is 4. The molecule has 1 aromatic heterocycles. The Labute approximate surface area is 219 Å². The standard InChI is InChI=1S/C34H22N2O2/c37-36(38)33-22-26(23-9-2-1-3-10-23)18-20-28(33)29-14-8-16-32-34(29)30-13-6-7-15-31(30)35(32)27-19-17-24-11-4-5-12-25(24)21-27/h1-22H. The number of para-hydroxylation sites is 1. The zero-order valence-electron chi connectivity index (χ0n) is 20.4. The van der Waals surface area contributed by atoms with Gasteiger partial charge in [-0.15, -0.1) is 0 Å². The fourth-order valence-electron chi connectivity index (χ4n) is 5.56. The molecule has 0 bridgehead atoms. The van der Waals surface area contributed by atoms with Crippen molar-refractivity contribution in [3.63, 3.8) is 0 Å². The van der Waals surface area contributed by atoms with Gasteiger partial charge < -0.3 is 4.57 Å². The van der Waals surface area contributed by atoms with E-state index < -0.39 is 0 Å². The van der Waals surface area contributed by atoms with Gasteiger partial charge in [-0.1, -0.05) is 97.1 Å². The maximum absolute atomic E-state index is 12.3. The molecule has 4 nitrogen and oxygen atoms in total. The molecule has 0 atom stereocenters. The molecule has 7 rings (SSSR count). The minimum atomic E-state index is -0.275. The first-order chi connectivity index (χ1) is 18.7. The van der Waals surface area contributed by atoms with Gasteiger partial charge in [-0.2, -0.15) is 0 Å². The number of hydrogen-bond acceptors (Lipinski definition) is 2. The van der Waals surface area contributed by atoms with Gasteiger partial charge in [0.05, 0.1) is 21.5 Å². The number of aromatic nitrogens is 1. The predicted molar refractivity (Wildman–Crippen MR) is 156 cm³/mol. The quantitative estimate of drug-likeness (QED) is 0.182. The molecule has 7 aromatic rings. The Morgan fingerprint density at radius 2 is 1.29 bits per heavy atom. The van der Waals surface area contributed by atoms with Gasteiger partial charge in [0.2, 0.25) is 0 Å². The molecule has 0 unspecified atom stereocenters. The lowest BCUT2D eigenvalue weighted by atomic mass is 9.95. The van der Waals surface area contributed by atoms with E-state index in [-0.39, 0.29) is 10.6 Å². The van der Waals surface area contributed by atoms with Crippen molar-refractivity contribution < 1.29 is 4.92 Å². The molecule has 0 aliphatic carbocycles.